The van der Waals surface area contributed by atoms with E-state index in [1.165, 1.54) is 23.9 Å². The maximum Gasteiger partial charge on any atom is 0.501 e. The molecule has 2 aliphatic rings. The van der Waals surface area contributed by atoms with Crippen LogP contribution in [-0.2, 0) is 24.6 Å². The zero-order chi connectivity index (χ0) is 44.8. The molecule has 5 aromatic rings. The molecular weight excluding hydrogens is 893 g/mol. The summed E-state index contributed by atoms with van der Waals surface area (Å²) in [6, 6.07) is 33.6. The van der Waals surface area contributed by atoms with Gasteiger partial charge in [-0.3, -0.25) is 4.79 Å². The molecule has 1 amide bonds. The second kappa shape index (κ2) is 20.1. The minimum Gasteiger partial charge on any atom is -0.380 e. The van der Waals surface area contributed by atoms with E-state index in [0.29, 0.717) is 36.4 Å². The van der Waals surface area contributed by atoms with Crippen molar-refractivity contribution < 1.29 is 39.5 Å². The lowest BCUT2D eigenvalue weighted by Gasteiger charge is -2.37. The third-order valence-electron chi connectivity index (χ3n) is 11.5. The minimum atomic E-state index is -6.04. The number of rotatable bonds is 16. The summed E-state index contributed by atoms with van der Waals surface area (Å²) in [5, 5.41) is 7.01. The molecule has 0 aliphatic carbocycles. The summed E-state index contributed by atoms with van der Waals surface area (Å²) in [5.74, 6) is -0.427. The molecule has 2 fully saturated rings. The van der Waals surface area contributed by atoms with Crippen molar-refractivity contribution in [3.8, 4) is 11.1 Å². The molecule has 17 heteroatoms. The molecule has 0 aromatic heterocycles. The predicted molar refractivity (Wildman–Crippen MR) is 243 cm³/mol. The SMILES string of the molecule is CO[C@@H](c1ccccc1-c1ccc(Cl)cc1)C1CCN(c2ccc(C(=O)NS(=O)(=O)c3ccc(N[C@@H](CSc4ccccc4)C[C@H]4CCCN4)c(S(=O)(=O)C(F)(F)F)c3)cc2)CC1. The average molecular weight is 942 g/mol. The van der Waals surface area contributed by atoms with E-state index >= 15 is 0 Å². The maximum absolute atomic E-state index is 14.1. The third kappa shape index (κ3) is 11.2. The quantitative estimate of drug-likeness (QED) is 0.0822. The Morgan fingerprint density at radius 3 is 2.22 bits per heavy atom. The third-order valence-corrected chi connectivity index (χ3v) is 15.8. The first-order chi connectivity index (χ1) is 30.1. The van der Waals surface area contributed by atoms with Gasteiger partial charge in [0.2, 0.25) is 0 Å². The molecule has 0 spiro atoms. The van der Waals surface area contributed by atoms with Crippen LogP contribution >= 0.6 is 23.4 Å². The number of anilines is 2. The van der Waals surface area contributed by atoms with Crippen molar-refractivity contribution in [1.29, 1.82) is 0 Å². The van der Waals surface area contributed by atoms with Crippen molar-refractivity contribution in [3.63, 3.8) is 0 Å². The number of ether oxygens (including phenoxy) is 1. The summed E-state index contributed by atoms with van der Waals surface area (Å²) in [4.78, 5) is 14.3. The van der Waals surface area contributed by atoms with Crippen LogP contribution in [0.4, 0.5) is 24.5 Å². The lowest BCUT2D eigenvalue weighted by atomic mass is 9.84. The highest BCUT2D eigenvalue weighted by Gasteiger charge is 2.48. The zero-order valence-corrected chi connectivity index (χ0v) is 37.6. The summed E-state index contributed by atoms with van der Waals surface area (Å²) in [6.45, 7) is 2.19. The fourth-order valence-corrected chi connectivity index (χ4v) is 11.4. The van der Waals surface area contributed by atoms with Crippen LogP contribution in [0.25, 0.3) is 11.1 Å². The van der Waals surface area contributed by atoms with E-state index < -0.39 is 52.8 Å². The van der Waals surface area contributed by atoms with Crippen molar-refractivity contribution in [3.05, 3.63) is 137 Å². The number of sulfone groups is 1. The Balaban J connectivity index is 1.03. The topological polar surface area (TPSA) is 134 Å². The Bertz CT molecular complexity index is 2570. The number of thioether (sulfide) groups is 1. The second-order valence-electron chi connectivity index (χ2n) is 15.7. The van der Waals surface area contributed by atoms with E-state index in [0.717, 1.165) is 71.6 Å². The molecule has 0 bridgehead atoms. The molecule has 2 aliphatic heterocycles. The Labute approximate surface area is 375 Å². The van der Waals surface area contributed by atoms with Gasteiger partial charge in [-0.05, 0) is 128 Å². The van der Waals surface area contributed by atoms with Gasteiger partial charge in [-0.25, -0.2) is 21.6 Å². The number of halogens is 4. The summed E-state index contributed by atoms with van der Waals surface area (Å²) in [6.07, 6.45) is 3.74. The molecule has 0 unspecified atom stereocenters. The number of sulfonamides is 1. The number of nitrogens with zero attached hydrogens (tertiary/aromatic N) is 1. The first-order valence-corrected chi connectivity index (χ1v) is 24.9. The number of carbonyl (C=O) groups excluding carboxylic acids is 1. The molecular formula is C46H48ClF3N4O6S3. The number of hydrogen-bond donors (Lipinski definition) is 3. The summed E-state index contributed by atoms with van der Waals surface area (Å²) >= 11 is 7.60. The van der Waals surface area contributed by atoms with Crippen LogP contribution in [0.15, 0.2) is 136 Å². The van der Waals surface area contributed by atoms with Crippen molar-refractivity contribution >= 4 is 60.5 Å². The molecule has 2 heterocycles. The van der Waals surface area contributed by atoms with Gasteiger partial charge in [0.15, 0.2) is 0 Å². The fraction of sp³-hybridized carbons (Fsp3) is 0.326. The molecule has 2 saturated heterocycles. The predicted octanol–water partition coefficient (Wildman–Crippen LogP) is 9.74. The van der Waals surface area contributed by atoms with Crippen LogP contribution in [0.2, 0.25) is 5.02 Å². The van der Waals surface area contributed by atoms with Gasteiger partial charge in [0.1, 0.15) is 4.90 Å². The van der Waals surface area contributed by atoms with Crippen LogP contribution in [0.5, 0.6) is 0 Å². The maximum atomic E-state index is 14.1. The van der Waals surface area contributed by atoms with Crippen LogP contribution in [0.3, 0.4) is 0 Å². The lowest BCUT2D eigenvalue weighted by Crippen LogP contribution is -2.36. The summed E-state index contributed by atoms with van der Waals surface area (Å²) < 4.78 is 103. The number of amides is 1. The molecule has 63 heavy (non-hydrogen) atoms. The first-order valence-electron chi connectivity index (χ1n) is 20.6. The van der Waals surface area contributed by atoms with E-state index in [-0.39, 0.29) is 23.6 Å². The molecule has 3 N–H and O–H groups in total. The van der Waals surface area contributed by atoms with Gasteiger partial charge in [0.05, 0.1) is 16.7 Å². The summed E-state index contributed by atoms with van der Waals surface area (Å²) in [5.41, 5.74) is -2.12. The average Bonchev–Trinajstić information content (AvgIpc) is 3.80. The number of carbonyl (C=O) groups is 1. The lowest BCUT2D eigenvalue weighted by molar-refractivity contribution is -0.0435. The number of piperidine rings is 1. The van der Waals surface area contributed by atoms with Crippen molar-refractivity contribution in [2.45, 2.75) is 70.5 Å². The summed E-state index contributed by atoms with van der Waals surface area (Å²) in [7, 11) is -9.17. The van der Waals surface area contributed by atoms with Crippen molar-refractivity contribution in [2.24, 2.45) is 5.92 Å². The van der Waals surface area contributed by atoms with Gasteiger partial charge in [0.25, 0.3) is 25.8 Å². The molecule has 7 rings (SSSR count). The van der Waals surface area contributed by atoms with Gasteiger partial charge < -0.3 is 20.3 Å². The van der Waals surface area contributed by atoms with Crippen molar-refractivity contribution in [1.82, 2.24) is 10.0 Å². The van der Waals surface area contributed by atoms with Gasteiger partial charge in [-0.15, -0.1) is 11.8 Å². The van der Waals surface area contributed by atoms with Gasteiger partial charge in [0, 0.05) is 59.2 Å². The highest BCUT2D eigenvalue weighted by molar-refractivity contribution is 7.99. The smallest absolute Gasteiger partial charge is 0.380 e. The largest absolute Gasteiger partial charge is 0.501 e. The molecule has 0 radical (unpaired) electrons. The molecule has 3 atom stereocenters. The Kier molecular flexibility index (Phi) is 14.8. The number of alkyl halides is 3. The van der Waals surface area contributed by atoms with E-state index in [4.69, 9.17) is 16.3 Å². The molecule has 334 valence electrons. The van der Waals surface area contributed by atoms with Crippen LogP contribution in [0.1, 0.15) is 54.1 Å². The zero-order valence-electron chi connectivity index (χ0n) is 34.4. The van der Waals surface area contributed by atoms with Gasteiger partial charge in [-0.2, -0.15) is 13.2 Å². The second-order valence-corrected chi connectivity index (χ2v) is 20.8. The van der Waals surface area contributed by atoms with E-state index in [1.807, 2.05) is 71.5 Å². The fourth-order valence-electron chi connectivity index (χ4n) is 8.27. The first kappa shape index (κ1) is 46.4. The monoisotopic (exact) mass is 940 g/mol. The van der Waals surface area contributed by atoms with Gasteiger partial charge in [-0.1, -0.05) is 66.2 Å². The van der Waals surface area contributed by atoms with Crippen LogP contribution < -0.4 is 20.3 Å². The Morgan fingerprint density at radius 1 is 0.889 bits per heavy atom. The minimum absolute atomic E-state index is 0.0174. The Hall–Kier alpha value is -4.58. The van der Waals surface area contributed by atoms with Gasteiger partial charge >= 0.3 is 5.51 Å². The highest BCUT2D eigenvalue weighted by atomic mass is 35.5. The number of benzene rings is 5. The Morgan fingerprint density at radius 2 is 1.57 bits per heavy atom. The van der Waals surface area contributed by atoms with Crippen LogP contribution in [-0.4, -0.2) is 72.8 Å². The number of hydrogen-bond acceptors (Lipinski definition) is 10. The van der Waals surface area contributed by atoms with E-state index in [1.54, 1.807) is 19.2 Å². The number of methoxy groups -OCH3 is 1. The van der Waals surface area contributed by atoms with Crippen molar-refractivity contribution in [2.75, 3.05) is 42.7 Å². The number of nitrogens with one attached hydrogen (secondary N) is 3. The molecule has 0 saturated carbocycles. The highest BCUT2D eigenvalue weighted by Crippen LogP contribution is 2.40. The van der Waals surface area contributed by atoms with E-state index in [9.17, 15) is 34.8 Å². The molecule has 5 aromatic carbocycles. The standard InChI is InChI=1S/C46H48ClF3N4O6S3/c1-60-44(41-12-6-5-11-40(41)31-13-17-34(47)18-14-31)32-23-26-54(27-24-32)37-19-15-33(16-20-37)45(55)53-63(58,59)39-21-22-42(43(29-39)62(56,57)46(48,49)50)52-36(28-35-8-7-25-51-35)30-61-38-9-3-2-4-10-38/h2-6,9-22,29,32,35-36,44,51-52H,7-8,23-28,30H2,1H3,(H,53,55)/t35-,36-,44-/m1/s1. The normalized spacial score (nSPS) is 17.3. The van der Waals surface area contributed by atoms with Crippen LogP contribution in [0, 0.1) is 5.92 Å². The molecule has 10 nitrogen and oxygen atoms in total. The van der Waals surface area contributed by atoms with E-state index in [2.05, 4.69) is 27.7 Å².